The number of benzene rings is 2. The van der Waals surface area contributed by atoms with Crippen LogP contribution in [0, 0.1) is 12.7 Å². The summed E-state index contributed by atoms with van der Waals surface area (Å²) in [5, 5.41) is 14.5. The van der Waals surface area contributed by atoms with E-state index in [0.29, 0.717) is 23.8 Å². The maximum absolute atomic E-state index is 13.3. The van der Waals surface area contributed by atoms with Crippen LogP contribution < -0.4 is 10.6 Å². The number of likely N-dealkylation sites (tertiary alicyclic amines) is 1. The molecule has 1 atom stereocenters. The maximum atomic E-state index is 13.3. The molecule has 1 aliphatic rings. The summed E-state index contributed by atoms with van der Waals surface area (Å²) in [6.07, 6.45) is 1.62. The van der Waals surface area contributed by atoms with E-state index in [9.17, 15) is 14.0 Å². The maximum Gasteiger partial charge on any atom is 0.318 e. The lowest BCUT2D eigenvalue weighted by Gasteiger charge is -2.23. The monoisotopic (exact) mass is 439 g/mol. The van der Waals surface area contributed by atoms with Gasteiger partial charge in [-0.15, -0.1) is 10.2 Å². The number of urea groups is 1. The molecule has 2 N–H and O–H groups in total. The predicted molar refractivity (Wildman–Crippen MR) is 116 cm³/mol. The molecule has 7 nitrogen and oxygen atoms in total. The van der Waals surface area contributed by atoms with Gasteiger partial charge in [-0.05, 0) is 43.5 Å². The van der Waals surface area contributed by atoms with Gasteiger partial charge in [0, 0.05) is 18.8 Å². The van der Waals surface area contributed by atoms with Crippen LogP contribution in [-0.4, -0.2) is 33.6 Å². The van der Waals surface area contributed by atoms with E-state index in [1.54, 1.807) is 11.0 Å². The Hall–Kier alpha value is -3.33. The third-order valence-corrected chi connectivity index (χ3v) is 6.10. The van der Waals surface area contributed by atoms with Gasteiger partial charge in [0.2, 0.25) is 5.01 Å². The second-order valence-corrected chi connectivity index (χ2v) is 8.41. The van der Waals surface area contributed by atoms with Crippen molar-refractivity contribution < 1.29 is 14.0 Å². The highest BCUT2D eigenvalue weighted by molar-refractivity contribution is 7.13. The van der Waals surface area contributed by atoms with Gasteiger partial charge in [0.15, 0.2) is 0 Å². The molecule has 0 bridgehead atoms. The fourth-order valence-corrected chi connectivity index (χ4v) is 4.35. The van der Waals surface area contributed by atoms with Gasteiger partial charge in [-0.2, -0.15) is 0 Å². The molecule has 160 valence electrons. The molecule has 1 fully saturated rings. The first kappa shape index (κ1) is 20.9. The van der Waals surface area contributed by atoms with Gasteiger partial charge in [-0.25, -0.2) is 9.18 Å². The Labute approximate surface area is 183 Å². The van der Waals surface area contributed by atoms with Crippen LogP contribution in [0.5, 0.6) is 0 Å². The van der Waals surface area contributed by atoms with Crippen molar-refractivity contribution in [1.82, 2.24) is 20.4 Å². The molecule has 1 saturated heterocycles. The molecule has 0 saturated carbocycles. The minimum Gasteiger partial charge on any atom is -0.334 e. The number of rotatable bonds is 5. The van der Waals surface area contributed by atoms with Gasteiger partial charge in [-0.3, -0.25) is 4.79 Å². The van der Waals surface area contributed by atoms with E-state index in [1.807, 2.05) is 31.2 Å². The Balaban J connectivity index is 1.39. The number of aryl methyl sites for hydroxylation is 1. The highest BCUT2D eigenvalue weighted by Gasteiger charge is 2.33. The van der Waals surface area contributed by atoms with E-state index in [4.69, 9.17) is 0 Å². The summed E-state index contributed by atoms with van der Waals surface area (Å²) in [5.74, 6) is -0.892. The Kier molecular flexibility index (Phi) is 6.22. The fraction of sp³-hybridized carbons (Fsp3) is 0.273. The topological polar surface area (TPSA) is 87.2 Å². The van der Waals surface area contributed by atoms with Crippen LogP contribution in [0.15, 0.2) is 48.5 Å². The molecule has 31 heavy (non-hydrogen) atoms. The van der Waals surface area contributed by atoms with Crippen LogP contribution in [0.3, 0.4) is 0 Å². The Morgan fingerprint density at radius 2 is 2.00 bits per heavy atom. The van der Waals surface area contributed by atoms with Gasteiger partial charge in [0.25, 0.3) is 5.91 Å². The highest BCUT2D eigenvalue weighted by Crippen LogP contribution is 2.33. The number of hydrogen-bond acceptors (Lipinski definition) is 5. The number of hydrogen-bond donors (Lipinski definition) is 2. The van der Waals surface area contributed by atoms with Crippen LogP contribution in [0.4, 0.5) is 14.9 Å². The number of carbonyl (C=O) groups is 2. The summed E-state index contributed by atoms with van der Waals surface area (Å²) in [5.41, 5.74) is 2.55. The van der Waals surface area contributed by atoms with Crippen LogP contribution in [0.25, 0.3) is 0 Å². The number of aromatic nitrogens is 2. The van der Waals surface area contributed by atoms with Crippen molar-refractivity contribution in [3.8, 4) is 0 Å². The minimum atomic E-state index is -0.456. The zero-order valence-electron chi connectivity index (χ0n) is 17.0. The molecule has 1 aromatic heterocycles. The normalized spacial score (nSPS) is 15.7. The first-order valence-electron chi connectivity index (χ1n) is 10.00. The lowest BCUT2D eigenvalue weighted by atomic mass is 10.1. The number of anilines is 1. The molecule has 0 radical (unpaired) electrons. The van der Waals surface area contributed by atoms with E-state index in [2.05, 4.69) is 20.8 Å². The smallest absolute Gasteiger partial charge is 0.318 e. The summed E-state index contributed by atoms with van der Waals surface area (Å²) in [4.78, 5) is 26.9. The molecule has 0 unspecified atom stereocenters. The molecule has 9 heteroatoms. The third kappa shape index (κ3) is 5.05. The first-order valence-corrected chi connectivity index (χ1v) is 10.8. The van der Waals surface area contributed by atoms with Gasteiger partial charge >= 0.3 is 6.03 Å². The van der Waals surface area contributed by atoms with Crippen LogP contribution in [0.2, 0.25) is 0 Å². The predicted octanol–water partition coefficient (Wildman–Crippen LogP) is 4.28. The molecule has 0 spiro atoms. The highest BCUT2D eigenvalue weighted by atomic mass is 32.1. The van der Waals surface area contributed by atoms with Crippen molar-refractivity contribution in [2.75, 3.05) is 11.9 Å². The van der Waals surface area contributed by atoms with Crippen molar-refractivity contribution in [1.29, 1.82) is 0 Å². The van der Waals surface area contributed by atoms with E-state index < -0.39 is 11.7 Å². The van der Waals surface area contributed by atoms with Crippen molar-refractivity contribution in [3.05, 3.63) is 75.5 Å². The van der Waals surface area contributed by atoms with E-state index in [0.717, 1.165) is 29.7 Å². The first-order chi connectivity index (χ1) is 15.0. The average molecular weight is 440 g/mol. The number of halogens is 1. The minimum absolute atomic E-state index is 0.163. The molecule has 1 aliphatic heterocycles. The molecular weight excluding hydrogens is 417 g/mol. The lowest BCUT2D eigenvalue weighted by molar-refractivity contribution is 0.102. The van der Waals surface area contributed by atoms with Gasteiger partial charge in [-0.1, -0.05) is 47.2 Å². The van der Waals surface area contributed by atoms with E-state index in [1.165, 1.54) is 23.8 Å². The van der Waals surface area contributed by atoms with E-state index >= 15 is 0 Å². The third-order valence-electron chi connectivity index (χ3n) is 5.08. The van der Waals surface area contributed by atoms with Crippen molar-refractivity contribution >= 4 is 29.0 Å². The Morgan fingerprint density at radius 3 is 2.77 bits per heavy atom. The number of amides is 3. The summed E-state index contributed by atoms with van der Waals surface area (Å²) in [6, 6.07) is 13.3. The van der Waals surface area contributed by atoms with Crippen molar-refractivity contribution in [3.63, 3.8) is 0 Å². The lowest BCUT2D eigenvalue weighted by Crippen LogP contribution is -2.39. The van der Waals surface area contributed by atoms with Gasteiger partial charge in [0.05, 0.1) is 6.04 Å². The second-order valence-electron chi connectivity index (χ2n) is 7.41. The van der Waals surface area contributed by atoms with Gasteiger partial charge in [0.1, 0.15) is 10.8 Å². The molecule has 3 amide bonds. The van der Waals surface area contributed by atoms with Crippen LogP contribution >= 0.6 is 11.3 Å². The summed E-state index contributed by atoms with van der Waals surface area (Å²) in [6.45, 7) is 3.08. The van der Waals surface area contributed by atoms with Gasteiger partial charge < -0.3 is 15.5 Å². The zero-order chi connectivity index (χ0) is 21.8. The number of nitrogens with one attached hydrogen (secondary N) is 2. The second kappa shape index (κ2) is 9.22. The number of nitrogens with zero attached hydrogens (tertiary/aromatic N) is 3. The molecular formula is C22H22FN5O2S. The standard InChI is InChI=1S/C22H22FN5O2S/c1-14-7-9-15(10-8-14)13-24-22(30)28-11-3-6-18(28)20-26-27-21(31-20)19(29)25-17-5-2-4-16(23)12-17/h2,4-5,7-10,12,18H,3,6,11,13H2,1H3,(H,24,30)(H,25,29)/t18-/m0/s1. The molecule has 0 aliphatic carbocycles. The summed E-state index contributed by atoms with van der Waals surface area (Å²) < 4.78 is 13.3. The molecule has 4 rings (SSSR count). The Bertz CT molecular complexity index is 1090. The average Bonchev–Trinajstić information content (AvgIpc) is 3.43. The van der Waals surface area contributed by atoms with Crippen LogP contribution in [-0.2, 0) is 6.54 Å². The molecule has 2 aromatic carbocycles. The number of carbonyl (C=O) groups excluding carboxylic acids is 2. The Morgan fingerprint density at radius 1 is 1.19 bits per heavy atom. The summed E-state index contributed by atoms with van der Waals surface area (Å²) >= 11 is 1.15. The van der Waals surface area contributed by atoms with Crippen LogP contribution in [0.1, 0.15) is 44.8 Å². The van der Waals surface area contributed by atoms with Crippen molar-refractivity contribution in [2.24, 2.45) is 0 Å². The SMILES string of the molecule is Cc1ccc(CNC(=O)N2CCC[C@H]2c2nnc(C(=O)Nc3cccc(F)c3)s2)cc1. The van der Waals surface area contributed by atoms with Crippen molar-refractivity contribution in [2.45, 2.75) is 32.4 Å². The molecule has 3 aromatic rings. The quantitative estimate of drug-likeness (QED) is 0.621. The zero-order valence-corrected chi connectivity index (χ0v) is 17.8. The fourth-order valence-electron chi connectivity index (χ4n) is 3.46. The largest absolute Gasteiger partial charge is 0.334 e. The molecule has 2 heterocycles. The summed E-state index contributed by atoms with van der Waals surface area (Å²) in [7, 11) is 0. The van der Waals surface area contributed by atoms with E-state index in [-0.39, 0.29) is 17.1 Å².